The molecule has 0 unspecified atom stereocenters. The SMILES string of the molecule is CCN(C(=O)CCc1nn2c(C(C)C)nnc2s1)c1cccc(C)c1. The van der Waals surface area contributed by atoms with Crippen LogP contribution in [0.4, 0.5) is 5.69 Å². The minimum absolute atomic E-state index is 0.114. The van der Waals surface area contributed by atoms with E-state index in [1.54, 1.807) is 4.52 Å². The van der Waals surface area contributed by atoms with E-state index >= 15 is 0 Å². The van der Waals surface area contributed by atoms with Gasteiger partial charge in [0, 0.05) is 31.0 Å². The van der Waals surface area contributed by atoms with Crippen LogP contribution in [0.5, 0.6) is 0 Å². The molecular formula is C18H23N5OS. The van der Waals surface area contributed by atoms with Crippen molar-refractivity contribution in [2.45, 2.75) is 46.5 Å². The third-order valence-corrected chi connectivity index (χ3v) is 5.02. The zero-order valence-corrected chi connectivity index (χ0v) is 15.9. The minimum Gasteiger partial charge on any atom is -0.313 e. The van der Waals surface area contributed by atoms with Crippen LogP contribution in [0.1, 0.15) is 49.5 Å². The maximum Gasteiger partial charge on any atom is 0.234 e. The predicted octanol–water partition coefficient (Wildman–Crippen LogP) is 3.60. The van der Waals surface area contributed by atoms with Crippen LogP contribution in [0.15, 0.2) is 24.3 Å². The average Bonchev–Trinajstić information content (AvgIpc) is 3.13. The first-order valence-corrected chi connectivity index (χ1v) is 9.39. The van der Waals surface area contributed by atoms with Crippen LogP contribution in [0.25, 0.3) is 4.96 Å². The number of aryl methyl sites for hydroxylation is 2. The number of anilines is 1. The zero-order chi connectivity index (χ0) is 18.0. The van der Waals surface area contributed by atoms with Gasteiger partial charge >= 0.3 is 0 Å². The minimum atomic E-state index is 0.114. The number of benzene rings is 1. The quantitative estimate of drug-likeness (QED) is 0.676. The van der Waals surface area contributed by atoms with Gasteiger partial charge in [-0.25, -0.2) is 0 Å². The first-order valence-electron chi connectivity index (χ1n) is 8.57. The fourth-order valence-electron chi connectivity index (χ4n) is 2.78. The summed E-state index contributed by atoms with van der Waals surface area (Å²) < 4.78 is 1.80. The van der Waals surface area contributed by atoms with E-state index in [1.165, 1.54) is 11.3 Å². The highest BCUT2D eigenvalue weighted by molar-refractivity contribution is 7.16. The highest BCUT2D eigenvalue weighted by atomic mass is 32.1. The number of nitrogens with zero attached hydrogens (tertiary/aromatic N) is 5. The van der Waals surface area contributed by atoms with Crippen molar-refractivity contribution >= 4 is 27.9 Å². The second-order valence-electron chi connectivity index (χ2n) is 6.38. The van der Waals surface area contributed by atoms with E-state index < -0.39 is 0 Å². The summed E-state index contributed by atoms with van der Waals surface area (Å²) in [6.07, 6.45) is 1.05. The summed E-state index contributed by atoms with van der Waals surface area (Å²) in [6, 6.07) is 8.04. The van der Waals surface area contributed by atoms with Gasteiger partial charge in [0.1, 0.15) is 5.01 Å². The molecular weight excluding hydrogens is 334 g/mol. The van der Waals surface area contributed by atoms with Gasteiger partial charge in [0.15, 0.2) is 5.82 Å². The average molecular weight is 357 g/mol. The predicted molar refractivity (Wildman–Crippen MR) is 100 cm³/mol. The van der Waals surface area contributed by atoms with E-state index in [0.29, 0.717) is 19.4 Å². The molecule has 0 radical (unpaired) electrons. The van der Waals surface area contributed by atoms with Gasteiger partial charge < -0.3 is 4.90 Å². The smallest absolute Gasteiger partial charge is 0.234 e. The van der Waals surface area contributed by atoms with Gasteiger partial charge in [-0.1, -0.05) is 37.3 Å². The Kier molecular flexibility index (Phi) is 5.13. The molecule has 0 aliphatic carbocycles. The van der Waals surface area contributed by atoms with E-state index in [9.17, 15) is 4.79 Å². The van der Waals surface area contributed by atoms with Crippen molar-refractivity contribution in [1.82, 2.24) is 19.8 Å². The first kappa shape index (κ1) is 17.5. The first-order chi connectivity index (χ1) is 12.0. The molecule has 132 valence electrons. The van der Waals surface area contributed by atoms with Gasteiger partial charge in [0.25, 0.3) is 0 Å². The van der Waals surface area contributed by atoms with Gasteiger partial charge in [-0.2, -0.15) is 9.61 Å². The molecule has 0 aliphatic heterocycles. The van der Waals surface area contributed by atoms with Crippen LogP contribution in [0.2, 0.25) is 0 Å². The van der Waals surface area contributed by atoms with E-state index in [2.05, 4.69) is 29.1 Å². The zero-order valence-electron chi connectivity index (χ0n) is 15.1. The van der Waals surface area contributed by atoms with Crippen LogP contribution in [-0.4, -0.2) is 32.3 Å². The molecule has 0 spiro atoms. The molecule has 3 rings (SSSR count). The van der Waals surface area contributed by atoms with Gasteiger partial charge in [-0.3, -0.25) is 4.79 Å². The van der Waals surface area contributed by atoms with E-state index in [4.69, 9.17) is 0 Å². The number of carbonyl (C=O) groups is 1. The molecule has 1 aromatic carbocycles. The summed E-state index contributed by atoms with van der Waals surface area (Å²) in [6.45, 7) is 8.83. The number of aromatic nitrogens is 4. The van der Waals surface area contributed by atoms with E-state index in [0.717, 1.165) is 27.0 Å². The molecule has 0 N–H and O–H groups in total. The van der Waals surface area contributed by atoms with Crippen molar-refractivity contribution in [2.24, 2.45) is 0 Å². The Bertz CT molecular complexity index is 883. The lowest BCUT2D eigenvalue weighted by Crippen LogP contribution is -2.30. The standard InChI is InChI=1S/C18H23N5OS/c1-5-22(14-8-6-7-13(4)11-14)16(24)10-9-15-21-23-17(12(2)3)19-20-18(23)25-15/h6-8,11-12H,5,9-10H2,1-4H3. The molecule has 2 heterocycles. The van der Waals surface area contributed by atoms with Crippen LogP contribution in [-0.2, 0) is 11.2 Å². The Morgan fingerprint density at radius 1 is 1.32 bits per heavy atom. The Morgan fingerprint density at radius 3 is 2.80 bits per heavy atom. The Balaban J connectivity index is 1.70. The molecule has 1 amide bonds. The van der Waals surface area contributed by atoms with Gasteiger partial charge in [0.2, 0.25) is 10.9 Å². The maximum atomic E-state index is 12.7. The molecule has 0 saturated heterocycles. The molecule has 0 atom stereocenters. The molecule has 2 aromatic heterocycles. The summed E-state index contributed by atoms with van der Waals surface area (Å²) >= 11 is 1.50. The van der Waals surface area contributed by atoms with Crippen molar-refractivity contribution in [1.29, 1.82) is 0 Å². The highest BCUT2D eigenvalue weighted by Crippen LogP contribution is 2.21. The lowest BCUT2D eigenvalue weighted by molar-refractivity contribution is -0.118. The fourth-order valence-corrected chi connectivity index (χ4v) is 3.62. The molecule has 25 heavy (non-hydrogen) atoms. The van der Waals surface area contributed by atoms with Gasteiger partial charge in [-0.15, -0.1) is 10.2 Å². The second-order valence-corrected chi connectivity index (χ2v) is 7.42. The summed E-state index contributed by atoms with van der Waals surface area (Å²) in [7, 11) is 0. The molecule has 0 aliphatic rings. The van der Waals surface area contributed by atoms with Crippen LogP contribution < -0.4 is 4.90 Å². The van der Waals surface area contributed by atoms with Crippen LogP contribution in [0, 0.1) is 6.92 Å². The molecule has 0 bridgehead atoms. The Hall–Kier alpha value is -2.28. The Labute approximate surface area is 151 Å². The molecule has 6 nitrogen and oxygen atoms in total. The normalized spacial score (nSPS) is 11.4. The second kappa shape index (κ2) is 7.31. The number of hydrogen-bond acceptors (Lipinski definition) is 5. The van der Waals surface area contributed by atoms with Crippen molar-refractivity contribution in [3.8, 4) is 0 Å². The van der Waals surface area contributed by atoms with Crippen LogP contribution >= 0.6 is 11.3 Å². The maximum absolute atomic E-state index is 12.7. The number of carbonyl (C=O) groups excluding carboxylic acids is 1. The van der Waals surface area contributed by atoms with Gasteiger partial charge in [-0.05, 0) is 31.5 Å². The van der Waals surface area contributed by atoms with Crippen LogP contribution in [0.3, 0.4) is 0 Å². The van der Waals surface area contributed by atoms with E-state index in [1.807, 2.05) is 43.0 Å². The molecule has 0 saturated carbocycles. The number of amides is 1. The van der Waals surface area contributed by atoms with Crippen molar-refractivity contribution in [2.75, 3.05) is 11.4 Å². The Morgan fingerprint density at radius 2 is 2.12 bits per heavy atom. The largest absolute Gasteiger partial charge is 0.313 e. The fraction of sp³-hybridized carbons (Fsp3) is 0.444. The third kappa shape index (κ3) is 3.71. The third-order valence-electron chi connectivity index (χ3n) is 4.06. The van der Waals surface area contributed by atoms with Crippen molar-refractivity contribution in [3.63, 3.8) is 0 Å². The number of hydrogen-bond donors (Lipinski definition) is 0. The number of fused-ring (bicyclic) bond motifs is 1. The lowest BCUT2D eigenvalue weighted by atomic mass is 10.2. The summed E-state index contributed by atoms with van der Waals surface area (Å²) in [4.78, 5) is 15.3. The topological polar surface area (TPSA) is 63.4 Å². The van der Waals surface area contributed by atoms with Gasteiger partial charge in [0.05, 0.1) is 0 Å². The monoisotopic (exact) mass is 357 g/mol. The lowest BCUT2D eigenvalue weighted by Gasteiger charge is -2.21. The van der Waals surface area contributed by atoms with Crippen molar-refractivity contribution < 1.29 is 4.79 Å². The number of rotatable bonds is 6. The summed E-state index contributed by atoms with van der Waals surface area (Å²) in [5.74, 6) is 1.24. The molecule has 3 aromatic rings. The summed E-state index contributed by atoms with van der Waals surface area (Å²) in [5.41, 5.74) is 2.10. The molecule has 0 fully saturated rings. The van der Waals surface area contributed by atoms with Crippen molar-refractivity contribution in [3.05, 3.63) is 40.7 Å². The van der Waals surface area contributed by atoms with E-state index in [-0.39, 0.29) is 11.8 Å². The summed E-state index contributed by atoms with van der Waals surface area (Å²) in [5, 5.41) is 13.8. The molecule has 7 heteroatoms. The highest BCUT2D eigenvalue weighted by Gasteiger charge is 2.17.